The van der Waals surface area contributed by atoms with Crippen LogP contribution in [-0.4, -0.2) is 19.7 Å². The lowest BCUT2D eigenvalue weighted by Gasteiger charge is -2.32. The van der Waals surface area contributed by atoms with Crippen molar-refractivity contribution in [3.05, 3.63) is 29.6 Å². The van der Waals surface area contributed by atoms with Crippen LogP contribution in [-0.2, 0) is 0 Å². The number of ether oxygens (including phenoxy) is 1. The van der Waals surface area contributed by atoms with Crippen molar-refractivity contribution in [2.75, 3.05) is 13.7 Å². The van der Waals surface area contributed by atoms with Crippen LogP contribution in [0.3, 0.4) is 0 Å². The molecule has 0 bridgehead atoms. The molecule has 1 aromatic rings. The molecule has 2 unspecified atom stereocenters. The summed E-state index contributed by atoms with van der Waals surface area (Å²) in [7, 11) is 1.51. The molecule has 20 heavy (non-hydrogen) atoms. The molecule has 0 radical (unpaired) electrons. The van der Waals surface area contributed by atoms with Crippen molar-refractivity contribution in [3.8, 4) is 5.75 Å². The van der Waals surface area contributed by atoms with Crippen molar-refractivity contribution in [1.82, 2.24) is 5.32 Å². The third kappa shape index (κ3) is 3.14. The summed E-state index contributed by atoms with van der Waals surface area (Å²) in [6, 6.07) is 6.25. The van der Waals surface area contributed by atoms with Gasteiger partial charge in [0.2, 0.25) is 0 Å². The molecule has 2 saturated carbocycles. The molecule has 2 nitrogen and oxygen atoms in total. The predicted octanol–water partition coefficient (Wildman–Crippen LogP) is 3.86. The fraction of sp³-hybridized carbons (Fsp3) is 0.647. The molecule has 3 rings (SSSR count). The van der Waals surface area contributed by atoms with Gasteiger partial charge >= 0.3 is 0 Å². The Morgan fingerprint density at radius 3 is 2.70 bits per heavy atom. The van der Waals surface area contributed by atoms with Gasteiger partial charge in [-0.05, 0) is 61.8 Å². The molecule has 1 aromatic carbocycles. The van der Waals surface area contributed by atoms with Crippen LogP contribution in [0.15, 0.2) is 18.2 Å². The van der Waals surface area contributed by atoms with Crippen LogP contribution in [0, 0.1) is 11.7 Å². The number of hydrogen-bond acceptors (Lipinski definition) is 2. The Kier molecular flexibility index (Phi) is 4.25. The minimum atomic E-state index is -0.232. The standard InChI is InChI=1S/C17H24FNO/c1-20-17-9-6-12(10-16(17)18)15-5-3-2-4-13(15)11-19-14-7-8-14/h6,9-10,13-15,19H,2-5,7-8,11H2,1H3. The summed E-state index contributed by atoms with van der Waals surface area (Å²) in [5.41, 5.74) is 1.14. The number of benzene rings is 1. The minimum Gasteiger partial charge on any atom is -0.494 e. The maximum Gasteiger partial charge on any atom is 0.165 e. The normalized spacial score (nSPS) is 26.5. The Balaban J connectivity index is 1.72. The molecule has 110 valence electrons. The molecule has 2 atom stereocenters. The molecule has 0 aliphatic heterocycles. The molecule has 2 aliphatic rings. The number of methoxy groups -OCH3 is 1. The van der Waals surface area contributed by atoms with E-state index in [4.69, 9.17) is 4.74 Å². The zero-order valence-corrected chi connectivity index (χ0v) is 12.2. The van der Waals surface area contributed by atoms with Crippen LogP contribution in [0.5, 0.6) is 5.75 Å². The van der Waals surface area contributed by atoms with E-state index in [0.29, 0.717) is 17.6 Å². The van der Waals surface area contributed by atoms with E-state index in [-0.39, 0.29) is 5.82 Å². The van der Waals surface area contributed by atoms with Gasteiger partial charge in [0.15, 0.2) is 11.6 Å². The van der Waals surface area contributed by atoms with Crippen LogP contribution in [0.2, 0.25) is 0 Å². The number of hydrogen-bond donors (Lipinski definition) is 1. The predicted molar refractivity (Wildman–Crippen MR) is 78.7 cm³/mol. The number of rotatable bonds is 5. The Bertz CT molecular complexity index is 458. The van der Waals surface area contributed by atoms with Crippen molar-refractivity contribution < 1.29 is 9.13 Å². The van der Waals surface area contributed by atoms with Crippen molar-refractivity contribution in [3.63, 3.8) is 0 Å². The molecular weight excluding hydrogens is 253 g/mol. The topological polar surface area (TPSA) is 21.3 Å². The van der Waals surface area contributed by atoms with Gasteiger partial charge in [-0.2, -0.15) is 0 Å². The fourth-order valence-electron chi connectivity index (χ4n) is 3.41. The van der Waals surface area contributed by atoms with Gasteiger partial charge in [-0.15, -0.1) is 0 Å². The van der Waals surface area contributed by atoms with E-state index < -0.39 is 0 Å². The van der Waals surface area contributed by atoms with Gasteiger partial charge in [0.1, 0.15) is 0 Å². The Morgan fingerprint density at radius 1 is 1.20 bits per heavy atom. The highest BCUT2D eigenvalue weighted by Gasteiger charge is 2.29. The van der Waals surface area contributed by atoms with Crippen molar-refractivity contribution in [1.29, 1.82) is 0 Å². The largest absolute Gasteiger partial charge is 0.494 e. The van der Waals surface area contributed by atoms with E-state index in [1.165, 1.54) is 45.6 Å². The second kappa shape index (κ2) is 6.13. The average Bonchev–Trinajstić information content (AvgIpc) is 3.29. The van der Waals surface area contributed by atoms with Gasteiger partial charge in [0.25, 0.3) is 0 Å². The molecular formula is C17H24FNO. The molecule has 0 amide bonds. The SMILES string of the molecule is COc1ccc(C2CCCCC2CNC2CC2)cc1F. The second-order valence-corrected chi connectivity index (χ2v) is 6.23. The first kappa shape index (κ1) is 13.9. The van der Waals surface area contributed by atoms with E-state index in [2.05, 4.69) is 5.32 Å². The molecule has 0 aromatic heterocycles. The monoisotopic (exact) mass is 277 g/mol. The number of nitrogens with one attached hydrogen (secondary N) is 1. The minimum absolute atomic E-state index is 0.232. The van der Waals surface area contributed by atoms with Gasteiger partial charge < -0.3 is 10.1 Å². The van der Waals surface area contributed by atoms with E-state index in [0.717, 1.165) is 18.2 Å². The summed E-state index contributed by atoms with van der Waals surface area (Å²) >= 11 is 0. The third-order valence-corrected chi connectivity index (χ3v) is 4.76. The van der Waals surface area contributed by atoms with E-state index in [9.17, 15) is 4.39 Å². The van der Waals surface area contributed by atoms with Gasteiger partial charge in [-0.3, -0.25) is 0 Å². The first-order valence-electron chi connectivity index (χ1n) is 7.84. The fourth-order valence-corrected chi connectivity index (χ4v) is 3.41. The van der Waals surface area contributed by atoms with Gasteiger partial charge in [-0.1, -0.05) is 18.9 Å². The van der Waals surface area contributed by atoms with E-state index in [1.807, 2.05) is 6.07 Å². The second-order valence-electron chi connectivity index (χ2n) is 6.23. The highest BCUT2D eigenvalue weighted by atomic mass is 19.1. The lowest BCUT2D eigenvalue weighted by molar-refractivity contribution is 0.293. The average molecular weight is 277 g/mol. The number of halogens is 1. The lowest BCUT2D eigenvalue weighted by atomic mass is 9.75. The third-order valence-electron chi connectivity index (χ3n) is 4.76. The molecule has 1 N–H and O–H groups in total. The summed E-state index contributed by atoms with van der Waals surface area (Å²) in [5.74, 6) is 1.26. The Labute approximate surface area is 120 Å². The maximum absolute atomic E-state index is 13.9. The summed E-state index contributed by atoms with van der Waals surface area (Å²) in [4.78, 5) is 0. The lowest BCUT2D eigenvalue weighted by Crippen LogP contribution is -2.30. The summed E-state index contributed by atoms with van der Waals surface area (Å²) in [6.45, 7) is 1.09. The zero-order chi connectivity index (χ0) is 13.9. The van der Waals surface area contributed by atoms with Crippen molar-refractivity contribution in [2.45, 2.75) is 50.5 Å². The van der Waals surface area contributed by atoms with Crippen molar-refractivity contribution >= 4 is 0 Å². The van der Waals surface area contributed by atoms with Gasteiger partial charge in [0.05, 0.1) is 7.11 Å². The zero-order valence-electron chi connectivity index (χ0n) is 12.2. The Morgan fingerprint density at radius 2 is 2.00 bits per heavy atom. The summed E-state index contributed by atoms with van der Waals surface area (Å²) in [6.07, 6.45) is 7.67. The summed E-state index contributed by atoms with van der Waals surface area (Å²) in [5, 5.41) is 3.64. The molecule has 0 spiro atoms. The van der Waals surface area contributed by atoms with Crippen LogP contribution < -0.4 is 10.1 Å². The molecule has 2 aliphatic carbocycles. The highest BCUT2D eigenvalue weighted by molar-refractivity contribution is 5.32. The van der Waals surface area contributed by atoms with E-state index in [1.54, 1.807) is 12.1 Å². The highest BCUT2D eigenvalue weighted by Crippen LogP contribution is 2.39. The van der Waals surface area contributed by atoms with Crippen LogP contribution in [0.1, 0.15) is 50.0 Å². The van der Waals surface area contributed by atoms with Crippen molar-refractivity contribution in [2.24, 2.45) is 5.92 Å². The van der Waals surface area contributed by atoms with Crippen LogP contribution in [0.4, 0.5) is 4.39 Å². The smallest absolute Gasteiger partial charge is 0.165 e. The maximum atomic E-state index is 13.9. The molecule has 0 saturated heterocycles. The Hall–Kier alpha value is -1.09. The first-order valence-corrected chi connectivity index (χ1v) is 7.84. The molecule has 0 heterocycles. The molecule has 2 fully saturated rings. The van der Waals surface area contributed by atoms with E-state index >= 15 is 0 Å². The molecule has 3 heteroatoms. The first-order chi connectivity index (χ1) is 9.78. The van der Waals surface area contributed by atoms with Gasteiger partial charge in [-0.25, -0.2) is 4.39 Å². The van der Waals surface area contributed by atoms with Crippen LogP contribution >= 0.6 is 0 Å². The summed E-state index contributed by atoms with van der Waals surface area (Å²) < 4.78 is 18.9. The van der Waals surface area contributed by atoms with Gasteiger partial charge in [0, 0.05) is 6.04 Å². The van der Waals surface area contributed by atoms with Crippen LogP contribution in [0.25, 0.3) is 0 Å². The quantitative estimate of drug-likeness (QED) is 0.882.